The van der Waals surface area contributed by atoms with Gasteiger partial charge in [-0.1, -0.05) is 17.7 Å². The van der Waals surface area contributed by atoms with E-state index in [1.165, 1.54) is 12.0 Å². The molecule has 0 aliphatic carbocycles. The second-order valence-electron chi connectivity index (χ2n) is 7.67. The van der Waals surface area contributed by atoms with Gasteiger partial charge in [0.15, 0.2) is 0 Å². The summed E-state index contributed by atoms with van der Waals surface area (Å²) in [4.78, 5) is 22.8. The van der Waals surface area contributed by atoms with E-state index in [0.717, 1.165) is 59.5 Å². The predicted molar refractivity (Wildman–Crippen MR) is 115 cm³/mol. The third kappa shape index (κ3) is 3.93. The number of aromatic amines is 1. The number of halogens is 1. The van der Waals surface area contributed by atoms with Crippen molar-refractivity contribution in [2.24, 2.45) is 0 Å². The van der Waals surface area contributed by atoms with Crippen molar-refractivity contribution < 1.29 is 4.79 Å². The van der Waals surface area contributed by atoms with Crippen LogP contribution in [0.4, 0.5) is 0 Å². The minimum absolute atomic E-state index is 0.282. The number of fused-ring (bicyclic) bond motifs is 1. The van der Waals surface area contributed by atoms with E-state index < -0.39 is 0 Å². The molecule has 1 saturated heterocycles. The first-order chi connectivity index (χ1) is 13.6. The molecule has 1 aromatic carbocycles. The summed E-state index contributed by atoms with van der Waals surface area (Å²) in [7, 11) is 0. The molecule has 0 radical (unpaired) electrons. The Morgan fingerprint density at radius 2 is 2.18 bits per heavy atom. The maximum Gasteiger partial charge on any atom is 0.222 e. The number of carbonyl (C=O) groups is 1. The van der Waals surface area contributed by atoms with Crippen LogP contribution in [0.15, 0.2) is 42.6 Å². The zero-order chi connectivity index (χ0) is 19.5. The zero-order valence-corrected chi connectivity index (χ0v) is 17.0. The minimum Gasteiger partial charge on any atom is -0.353 e. The van der Waals surface area contributed by atoms with Crippen LogP contribution in [0.1, 0.15) is 44.6 Å². The van der Waals surface area contributed by atoms with Gasteiger partial charge in [-0.2, -0.15) is 0 Å². The second-order valence-corrected chi connectivity index (χ2v) is 8.11. The van der Waals surface area contributed by atoms with Crippen LogP contribution in [0.3, 0.4) is 0 Å². The van der Waals surface area contributed by atoms with Crippen molar-refractivity contribution >= 4 is 28.4 Å². The Labute approximate surface area is 170 Å². The lowest BCUT2D eigenvalue weighted by atomic mass is 10.0. The van der Waals surface area contributed by atoms with Crippen LogP contribution < -0.4 is 0 Å². The van der Waals surface area contributed by atoms with Gasteiger partial charge >= 0.3 is 0 Å². The van der Waals surface area contributed by atoms with Gasteiger partial charge in [0.2, 0.25) is 5.91 Å². The van der Waals surface area contributed by atoms with Crippen molar-refractivity contribution in [2.45, 2.75) is 51.5 Å². The Bertz CT molecular complexity index is 967. The van der Waals surface area contributed by atoms with E-state index in [9.17, 15) is 4.79 Å². The van der Waals surface area contributed by atoms with Gasteiger partial charge in [0, 0.05) is 41.1 Å². The average molecular weight is 396 g/mol. The van der Waals surface area contributed by atoms with Gasteiger partial charge in [-0.05, 0) is 74.9 Å². The molecule has 4 rings (SSSR count). The van der Waals surface area contributed by atoms with Crippen LogP contribution in [0.25, 0.3) is 22.3 Å². The third-order valence-corrected chi connectivity index (χ3v) is 5.97. The number of hydrogen-bond acceptors (Lipinski definition) is 2. The molecular formula is C23H26ClN3O. The highest BCUT2D eigenvalue weighted by atomic mass is 35.5. The van der Waals surface area contributed by atoms with Crippen LogP contribution in [0.2, 0.25) is 5.02 Å². The molecule has 146 valence electrons. The molecule has 1 amide bonds. The molecule has 1 fully saturated rings. The molecule has 1 N–H and O–H groups in total. The number of carbonyl (C=O) groups excluding carboxylic acids is 1. The summed E-state index contributed by atoms with van der Waals surface area (Å²) in [5.74, 6) is 0.282. The lowest BCUT2D eigenvalue weighted by Gasteiger charge is -2.33. The number of aryl methyl sites for hydroxylation is 1. The predicted octanol–water partition coefficient (Wildman–Crippen LogP) is 5.61. The van der Waals surface area contributed by atoms with Crippen LogP contribution >= 0.6 is 11.6 Å². The molecule has 0 saturated carbocycles. The van der Waals surface area contributed by atoms with E-state index in [-0.39, 0.29) is 5.91 Å². The van der Waals surface area contributed by atoms with Gasteiger partial charge in [-0.3, -0.25) is 9.78 Å². The number of rotatable bonds is 5. The maximum atomic E-state index is 12.7. The topological polar surface area (TPSA) is 49.0 Å². The molecule has 0 bridgehead atoms. The number of piperidine rings is 1. The molecule has 28 heavy (non-hydrogen) atoms. The number of aromatic nitrogens is 2. The summed E-state index contributed by atoms with van der Waals surface area (Å²) in [5, 5.41) is 1.84. The first-order valence-corrected chi connectivity index (χ1v) is 10.5. The maximum absolute atomic E-state index is 12.7. The third-order valence-electron chi connectivity index (χ3n) is 5.73. The van der Waals surface area contributed by atoms with Gasteiger partial charge in [0.25, 0.3) is 0 Å². The Morgan fingerprint density at radius 3 is 2.96 bits per heavy atom. The summed E-state index contributed by atoms with van der Waals surface area (Å²) >= 11 is 6.26. The molecule has 1 aliphatic heterocycles. The lowest BCUT2D eigenvalue weighted by molar-refractivity contribution is -0.134. The van der Waals surface area contributed by atoms with E-state index in [2.05, 4.69) is 21.8 Å². The molecule has 1 unspecified atom stereocenters. The number of amides is 1. The number of nitrogens with zero attached hydrogens (tertiary/aromatic N) is 2. The van der Waals surface area contributed by atoms with Crippen molar-refractivity contribution in [1.82, 2.24) is 14.9 Å². The standard InChI is InChI=1S/C23H26ClN3O/c1-16-7-3-5-14-27(16)22(28)10-6-8-18-19-15-17(24)11-12-20(19)26-23(18)21-9-2-4-13-25-21/h2,4,9,11-13,15-16,26H,3,5-8,10,14H2,1H3. The van der Waals surface area contributed by atoms with Gasteiger partial charge in [-0.25, -0.2) is 0 Å². The Kier molecular flexibility index (Phi) is 5.67. The van der Waals surface area contributed by atoms with Crippen LogP contribution in [-0.4, -0.2) is 33.4 Å². The minimum atomic E-state index is 0.282. The monoisotopic (exact) mass is 395 g/mol. The molecule has 0 spiro atoms. The quantitative estimate of drug-likeness (QED) is 0.610. The van der Waals surface area contributed by atoms with E-state index in [4.69, 9.17) is 11.6 Å². The first kappa shape index (κ1) is 19.0. The van der Waals surface area contributed by atoms with E-state index >= 15 is 0 Å². The average Bonchev–Trinajstić information content (AvgIpc) is 3.07. The highest BCUT2D eigenvalue weighted by Gasteiger charge is 2.23. The Hall–Kier alpha value is -2.33. The van der Waals surface area contributed by atoms with E-state index in [0.29, 0.717) is 12.5 Å². The number of benzene rings is 1. The van der Waals surface area contributed by atoms with E-state index in [1.807, 2.05) is 36.4 Å². The SMILES string of the molecule is CC1CCCCN1C(=O)CCCc1c(-c2ccccn2)[nH]c2ccc(Cl)cc12. The van der Waals surface area contributed by atoms with Gasteiger partial charge < -0.3 is 9.88 Å². The number of H-pyrrole nitrogens is 1. The number of pyridine rings is 1. The number of nitrogens with one attached hydrogen (secondary N) is 1. The van der Waals surface area contributed by atoms with Crippen molar-refractivity contribution in [1.29, 1.82) is 0 Å². The number of hydrogen-bond donors (Lipinski definition) is 1. The van der Waals surface area contributed by atoms with Crippen LogP contribution in [-0.2, 0) is 11.2 Å². The smallest absolute Gasteiger partial charge is 0.222 e. The fourth-order valence-electron chi connectivity index (χ4n) is 4.24. The summed E-state index contributed by atoms with van der Waals surface area (Å²) < 4.78 is 0. The molecule has 4 nitrogen and oxygen atoms in total. The summed E-state index contributed by atoms with van der Waals surface area (Å²) in [6.45, 7) is 3.07. The van der Waals surface area contributed by atoms with Crippen LogP contribution in [0.5, 0.6) is 0 Å². The normalized spacial score (nSPS) is 17.2. The van der Waals surface area contributed by atoms with Gasteiger partial charge in [-0.15, -0.1) is 0 Å². The molecule has 5 heteroatoms. The fourth-order valence-corrected chi connectivity index (χ4v) is 4.41. The summed E-state index contributed by atoms with van der Waals surface area (Å²) in [5.41, 5.74) is 4.18. The fraction of sp³-hybridized carbons (Fsp3) is 0.391. The second kappa shape index (κ2) is 8.36. The van der Waals surface area contributed by atoms with Crippen molar-refractivity contribution in [2.75, 3.05) is 6.54 Å². The molecule has 2 aromatic heterocycles. The highest BCUT2D eigenvalue weighted by molar-refractivity contribution is 6.31. The van der Waals surface area contributed by atoms with Crippen molar-refractivity contribution in [3.8, 4) is 11.4 Å². The van der Waals surface area contributed by atoms with Crippen molar-refractivity contribution in [3.05, 3.63) is 53.2 Å². The molecule has 1 aliphatic rings. The summed E-state index contributed by atoms with van der Waals surface area (Å²) in [6.07, 6.45) is 7.51. The van der Waals surface area contributed by atoms with E-state index in [1.54, 1.807) is 6.20 Å². The number of likely N-dealkylation sites (tertiary alicyclic amines) is 1. The molecule has 3 aromatic rings. The summed E-state index contributed by atoms with van der Waals surface area (Å²) in [6, 6.07) is 12.2. The van der Waals surface area contributed by atoms with Crippen molar-refractivity contribution in [3.63, 3.8) is 0 Å². The Morgan fingerprint density at radius 1 is 1.29 bits per heavy atom. The molecular weight excluding hydrogens is 370 g/mol. The first-order valence-electron chi connectivity index (χ1n) is 10.1. The molecule has 1 atom stereocenters. The largest absolute Gasteiger partial charge is 0.353 e. The molecule has 3 heterocycles. The van der Waals surface area contributed by atoms with Crippen LogP contribution in [0, 0.1) is 0 Å². The van der Waals surface area contributed by atoms with Gasteiger partial charge in [0.05, 0.1) is 11.4 Å². The lowest BCUT2D eigenvalue weighted by Crippen LogP contribution is -2.41. The Balaban J connectivity index is 1.55. The zero-order valence-electron chi connectivity index (χ0n) is 16.2. The highest BCUT2D eigenvalue weighted by Crippen LogP contribution is 2.32. The van der Waals surface area contributed by atoms with Gasteiger partial charge in [0.1, 0.15) is 0 Å².